The summed E-state index contributed by atoms with van der Waals surface area (Å²) in [5.41, 5.74) is 1.27. The van der Waals surface area contributed by atoms with Crippen molar-refractivity contribution in [1.29, 1.82) is 0 Å². The molecule has 1 aromatic heterocycles. The quantitative estimate of drug-likeness (QED) is 0.696. The molecular formula is C15H13FN2O3. The Morgan fingerprint density at radius 1 is 1.29 bits per heavy atom. The Balaban J connectivity index is 2.29. The highest BCUT2D eigenvalue weighted by atomic mass is 19.1. The fraction of sp³-hybridized carbons (Fsp3) is 0.133. The highest BCUT2D eigenvalue weighted by Gasteiger charge is 2.14. The standard InChI is InChI=1S/C15H13FN2O3/c1-9-5-6-10(15(20)21-2)8-12(9)18-14(19)11-4-3-7-17-13(11)16/h3-8H,1-2H3,(H,18,19). The summed E-state index contributed by atoms with van der Waals surface area (Å²) in [6, 6.07) is 7.53. The highest BCUT2D eigenvalue weighted by Crippen LogP contribution is 2.19. The van der Waals surface area contributed by atoms with E-state index in [1.807, 2.05) is 0 Å². The molecule has 1 heterocycles. The van der Waals surface area contributed by atoms with E-state index in [4.69, 9.17) is 0 Å². The first kappa shape index (κ1) is 14.6. The summed E-state index contributed by atoms with van der Waals surface area (Å²) in [5, 5.41) is 2.56. The van der Waals surface area contributed by atoms with Crippen LogP contribution in [0.4, 0.5) is 10.1 Å². The van der Waals surface area contributed by atoms with Crippen molar-refractivity contribution in [3.05, 3.63) is 59.2 Å². The molecule has 0 fully saturated rings. The molecule has 0 atom stereocenters. The van der Waals surface area contributed by atoms with Gasteiger partial charge in [0.05, 0.1) is 18.2 Å². The molecule has 0 unspecified atom stereocenters. The third-order valence-corrected chi connectivity index (χ3v) is 2.91. The molecule has 1 amide bonds. The van der Waals surface area contributed by atoms with Gasteiger partial charge in [0.15, 0.2) is 0 Å². The number of esters is 1. The maximum Gasteiger partial charge on any atom is 0.337 e. The van der Waals surface area contributed by atoms with Gasteiger partial charge < -0.3 is 10.1 Å². The summed E-state index contributed by atoms with van der Waals surface area (Å²) >= 11 is 0. The maximum atomic E-state index is 13.5. The van der Waals surface area contributed by atoms with Crippen LogP contribution in [0.15, 0.2) is 36.5 Å². The zero-order valence-electron chi connectivity index (χ0n) is 11.5. The molecule has 0 radical (unpaired) electrons. The van der Waals surface area contributed by atoms with Crippen LogP contribution >= 0.6 is 0 Å². The van der Waals surface area contributed by atoms with E-state index >= 15 is 0 Å². The van der Waals surface area contributed by atoms with Crippen molar-refractivity contribution in [3.8, 4) is 0 Å². The number of carbonyl (C=O) groups excluding carboxylic acids is 2. The lowest BCUT2D eigenvalue weighted by Crippen LogP contribution is -2.15. The number of hydrogen-bond donors (Lipinski definition) is 1. The van der Waals surface area contributed by atoms with E-state index in [0.717, 1.165) is 5.56 Å². The molecule has 0 bridgehead atoms. The third kappa shape index (κ3) is 3.22. The van der Waals surface area contributed by atoms with Crippen LogP contribution < -0.4 is 5.32 Å². The van der Waals surface area contributed by atoms with Crippen LogP contribution in [0.2, 0.25) is 0 Å². The van der Waals surface area contributed by atoms with Crippen LogP contribution in [0, 0.1) is 12.9 Å². The normalized spacial score (nSPS) is 10.0. The molecule has 108 valence electrons. The maximum absolute atomic E-state index is 13.5. The number of anilines is 1. The Morgan fingerprint density at radius 3 is 2.71 bits per heavy atom. The van der Waals surface area contributed by atoms with Gasteiger partial charge in [-0.3, -0.25) is 4.79 Å². The van der Waals surface area contributed by atoms with Crippen LogP contribution in [0.25, 0.3) is 0 Å². The number of hydrogen-bond acceptors (Lipinski definition) is 4. The second-order valence-electron chi connectivity index (χ2n) is 4.32. The number of carbonyl (C=O) groups is 2. The number of halogens is 1. The van der Waals surface area contributed by atoms with Crippen LogP contribution in [0.3, 0.4) is 0 Å². The number of benzene rings is 1. The van der Waals surface area contributed by atoms with Gasteiger partial charge in [0, 0.05) is 11.9 Å². The average molecular weight is 288 g/mol. The number of methoxy groups -OCH3 is 1. The van der Waals surface area contributed by atoms with Crippen molar-refractivity contribution in [1.82, 2.24) is 4.98 Å². The molecular weight excluding hydrogens is 275 g/mol. The van der Waals surface area contributed by atoms with E-state index in [0.29, 0.717) is 11.3 Å². The van der Waals surface area contributed by atoms with Gasteiger partial charge in [-0.05, 0) is 36.8 Å². The van der Waals surface area contributed by atoms with Crippen LogP contribution in [0.1, 0.15) is 26.3 Å². The van der Waals surface area contributed by atoms with Gasteiger partial charge in [0.1, 0.15) is 0 Å². The van der Waals surface area contributed by atoms with Gasteiger partial charge in [-0.2, -0.15) is 4.39 Å². The first-order valence-electron chi connectivity index (χ1n) is 6.13. The Bertz CT molecular complexity index is 701. The lowest BCUT2D eigenvalue weighted by molar-refractivity contribution is 0.0600. The highest BCUT2D eigenvalue weighted by molar-refractivity contribution is 6.05. The second kappa shape index (κ2) is 6.13. The lowest BCUT2D eigenvalue weighted by Gasteiger charge is -2.10. The number of amides is 1. The van der Waals surface area contributed by atoms with Gasteiger partial charge >= 0.3 is 5.97 Å². The minimum absolute atomic E-state index is 0.166. The molecule has 2 rings (SSSR count). The minimum Gasteiger partial charge on any atom is -0.465 e. The summed E-state index contributed by atoms with van der Waals surface area (Å²) in [5.74, 6) is -2.00. The lowest BCUT2D eigenvalue weighted by atomic mass is 10.1. The predicted octanol–water partition coefficient (Wildman–Crippen LogP) is 2.57. The number of nitrogens with zero attached hydrogens (tertiary/aromatic N) is 1. The zero-order valence-corrected chi connectivity index (χ0v) is 11.5. The molecule has 0 aliphatic carbocycles. The number of ether oxygens (including phenoxy) is 1. The second-order valence-corrected chi connectivity index (χ2v) is 4.32. The molecule has 5 nitrogen and oxygen atoms in total. The van der Waals surface area contributed by atoms with Crippen molar-refractivity contribution < 1.29 is 18.7 Å². The van der Waals surface area contributed by atoms with E-state index in [1.165, 1.54) is 31.5 Å². The molecule has 0 aliphatic heterocycles. The molecule has 1 N–H and O–H groups in total. The van der Waals surface area contributed by atoms with Crippen molar-refractivity contribution in [2.24, 2.45) is 0 Å². The molecule has 0 aliphatic rings. The summed E-state index contributed by atoms with van der Waals surface area (Å²) in [6.45, 7) is 1.76. The zero-order chi connectivity index (χ0) is 15.4. The fourth-order valence-corrected chi connectivity index (χ4v) is 1.75. The number of pyridine rings is 1. The van der Waals surface area contributed by atoms with Crippen molar-refractivity contribution in [3.63, 3.8) is 0 Å². The topological polar surface area (TPSA) is 68.3 Å². The molecule has 0 spiro atoms. The SMILES string of the molecule is COC(=O)c1ccc(C)c(NC(=O)c2cccnc2F)c1. The Morgan fingerprint density at radius 2 is 2.05 bits per heavy atom. The van der Waals surface area contributed by atoms with Gasteiger partial charge in [-0.25, -0.2) is 9.78 Å². The molecule has 0 saturated carbocycles. The van der Waals surface area contributed by atoms with Gasteiger partial charge in [0.25, 0.3) is 5.91 Å². The molecule has 0 saturated heterocycles. The number of nitrogens with one attached hydrogen (secondary N) is 1. The fourth-order valence-electron chi connectivity index (χ4n) is 1.75. The molecule has 6 heteroatoms. The summed E-state index contributed by atoms with van der Waals surface area (Å²) in [6.07, 6.45) is 1.26. The summed E-state index contributed by atoms with van der Waals surface area (Å²) in [4.78, 5) is 26.9. The van der Waals surface area contributed by atoms with Gasteiger partial charge in [0.2, 0.25) is 5.95 Å². The van der Waals surface area contributed by atoms with Crippen molar-refractivity contribution in [2.75, 3.05) is 12.4 Å². The molecule has 1 aromatic carbocycles. The monoisotopic (exact) mass is 288 g/mol. The number of aryl methyl sites for hydroxylation is 1. The summed E-state index contributed by atoms with van der Waals surface area (Å²) in [7, 11) is 1.27. The van der Waals surface area contributed by atoms with Crippen LogP contribution in [0.5, 0.6) is 0 Å². The van der Waals surface area contributed by atoms with Crippen molar-refractivity contribution >= 4 is 17.6 Å². The first-order valence-corrected chi connectivity index (χ1v) is 6.13. The van der Waals surface area contributed by atoms with E-state index in [1.54, 1.807) is 19.1 Å². The minimum atomic E-state index is -0.850. The Hall–Kier alpha value is -2.76. The first-order chi connectivity index (χ1) is 10.0. The van der Waals surface area contributed by atoms with Gasteiger partial charge in [-0.1, -0.05) is 6.07 Å². The molecule has 2 aromatic rings. The number of aromatic nitrogens is 1. The van der Waals surface area contributed by atoms with Crippen LogP contribution in [-0.4, -0.2) is 24.0 Å². The molecule has 21 heavy (non-hydrogen) atoms. The third-order valence-electron chi connectivity index (χ3n) is 2.91. The van der Waals surface area contributed by atoms with E-state index in [9.17, 15) is 14.0 Å². The van der Waals surface area contributed by atoms with Gasteiger partial charge in [-0.15, -0.1) is 0 Å². The number of rotatable bonds is 3. The smallest absolute Gasteiger partial charge is 0.337 e. The predicted molar refractivity (Wildman–Crippen MR) is 74.7 cm³/mol. The van der Waals surface area contributed by atoms with E-state index in [2.05, 4.69) is 15.0 Å². The Labute approximate surface area is 120 Å². The van der Waals surface area contributed by atoms with E-state index in [-0.39, 0.29) is 5.56 Å². The largest absolute Gasteiger partial charge is 0.465 e. The average Bonchev–Trinajstić information content (AvgIpc) is 2.49. The Kier molecular flexibility index (Phi) is 4.27. The summed E-state index contributed by atoms with van der Waals surface area (Å²) < 4.78 is 18.1. The van der Waals surface area contributed by atoms with Crippen LogP contribution in [-0.2, 0) is 4.74 Å². The van der Waals surface area contributed by atoms with Crippen molar-refractivity contribution in [2.45, 2.75) is 6.92 Å². The van der Waals surface area contributed by atoms with E-state index < -0.39 is 17.8 Å².